The lowest BCUT2D eigenvalue weighted by Gasteiger charge is -2.21. The molecule has 1 unspecified atom stereocenters. The van der Waals surface area contributed by atoms with Gasteiger partial charge in [0.05, 0.1) is 17.4 Å². The first-order valence-corrected chi connectivity index (χ1v) is 4.77. The molecule has 0 aromatic heterocycles. The predicted molar refractivity (Wildman–Crippen MR) is 58.3 cm³/mol. The van der Waals surface area contributed by atoms with Crippen LogP contribution in [0.15, 0.2) is 24.3 Å². The van der Waals surface area contributed by atoms with Crippen LogP contribution in [0.1, 0.15) is 18.9 Å². The average Bonchev–Trinajstić information content (AvgIpc) is 2.29. The summed E-state index contributed by atoms with van der Waals surface area (Å²) in [7, 11) is 0. The molecule has 0 saturated heterocycles. The number of carboxylic acid groups (broad SMARTS) is 1. The lowest BCUT2D eigenvalue weighted by molar-refractivity contribution is -0.386. The third-order valence-electron chi connectivity index (χ3n) is 2.60. The molecule has 17 heavy (non-hydrogen) atoms. The van der Waals surface area contributed by atoms with Crippen molar-refractivity contribution in [3.05, 3.63) is 39.9 Å². The molecule has 6 nitrogen and oxygen atoms in total. The van der Waals surface area contributed by atoms with E-state index in [-0.39, 0.29) is 17.7 Å². The van der Waals surface area contributed by atoms with E-state index in [0.717, 1.165) is 0 Å². The Balaban J connectivity index is 3.44. The number of rotatable bonds is 4. The number of nitriles is 1. The minimum absolute atomic E-state index is 0.0408. The maximum absolute atomic E-state index is 11.2. The Kier molecular flexibility index (Phi) is 3.43. The first kappa shape index (κ1) is 12.6. The van der Waals surface area contributed by atoms with E-state index < -0.39 is 16.3 Å². The zero-order valence-electron chi connectivity index (χ0n) is 9.08. The second-order valence-electron chi connectivity index (χ2n) is 3.75. The molecule has 6 heteroatoms. The maximum atomic E-state index is 11.2. The maximum Gasteiger partial charge on any atom is 0.315 e. The van der Waals surface area contributed by atoms with Gasteiger partial charge in [0, 0.05) is 11.6 Å². The van der Waals surface area contributed by atoms with E-state index in [0.29, 0.717) is 0 Å². The van der Waals surface area contributed by atoms with Crippen LogP contribution in [0.5, 0.6) is 0 Å². The zero-order chi connectivity index (χ0) is 13.1. The van der Waals surface area contributed by atoms with E-state index in [9.17, 15) is 14.9 Å². The van der Waals surface area contributed by atoms with Gasteiger partial charge in [0.15, 0.2) is 0 Å². The van der Waals surface area contributed by atoms with Crippen molar-refractivity contribution in [2.75, 3.05) is 0 Å². The number of para-hydroxylation sites is 1. The lowest BCUT2D eigenvalue weighted by atomic mass is 9.79. The number of aliphatic carboxylic acids is 1. The Bertz CT molecular complexity index is 506. The van der Waals surface area contributed by atoms with Crippen LogP contribution in [0.4, 0.5) is 5.69 Å². The first-order chi connectivity index (χ1) is 7.93. The molecule has 1 N–H and O–H groups in total. The minimum atomic E-state index is -1.57. The van der Waals surface area contributed by atoms with Crippen molar-refractivity contribution in [3.8, 4) is 6.07 Å². The van der Waals surface area contributed by atoms with E-state index in [1.807, 2.05) is 0 Å². The molecule has 0 radical (unpaired) electrons. The summed E-state index contributed by atoms with van der Waals surface area (Å²) in [5.74, 6) is -1.26. The van der Waals surface area contributed by atoms with Crippen LogP contribution in [0.3, 0.4) is 0 Å². The SMILES string of the molecule is CC(CC#N)(C(=O)O)c1ccccc1[N+](=O)[O-]. The summed E-state index contributed by atoms with van der Waals surface area (Å²) < 4.78 is 0. The predicted octanol–water partition coefficient (Wildman–Crippen LogP) is 1.85. The van der Waals surface area contributed by atoms with Crippen LogP contribution in [0.2, 0.25) is 0 Å². The van der Waals surface area contributed by atoms with Gasteiger partial charge in [-0.3, -0.25) is 14.9 Å². The largest absolute Gasteiger partial charge is 0.481 e. The number of nitrogens with zero attached hydrogens (tertiary/aromatic N) is 2. The summed E-state index contributed by atoms with van der Waals surface area (Å²) in [5, 5.41) is 28.6. The topological polar surface area (TPSA) is 104 Å². The fourth-order valence-electron chi connectivity index (χ4n) is 1.54. The lowest BCUT2D eigenvalue weighted by Crippen LogP contribution is -2.32. The van der Waals surface area contributed by atoms with Crippen molar-refractivity contribution in [2.45, 2.75) is 18.8 Å². The number of carboxylic acids is 1. The fourth-order valence-corrected chi connectivity index (χ4v) is 1.54. The molecule has 0 amide bonds. The highest BCUT2D eigenvalue weighted by Crippen LogP contribution is 2.34. The van der Waals surface area contributed by atoms with Crippen LogP contribution in [-0.4, -0.2) is 16.0 Å². The van der Waals surface area contributed by atoms with Crippen LogP contribution < -0.4 is 0 Å². The molecule has 0 aliphatic carbocycles. The van der Waals surface area contributed by atoms with E-state index in [4.69, 9.17) is 10.4 Å². The second-order valence-corrected chi connectivity index (χ2v) is 3.75. The molecular formula is C11H10N2O4. The summed E-state index contributed by atoms with van der Waals surface area (Å²) in [5.41, 5.74) is -1.81. The number of nitro benzene ring substituents is 1. The number of nitro groups is 1. The highest BCUT2D eigenvalue weighted by Gasteiger charge is 2.40. The average molecular weight is 234 g/mol. The van der Waals surface area contributed by atoms with Crippen molar-refractivity contribution in [1.82, 2.24) is 0 Å². The molecule has 0 aliphatic heterocycles. The number of hydrogen-bond donors (Lipinski definition) is 1. The summed E-state index contributed by atoms with van der Waals surface area (Å²) in [6.07, 6.45) is -0.326. The first-order valence-electron chi connectivity index (χ1n) is 4.77. The molecule has 1 atom stereocenters. The Morgan fingerprint density at radius 1 is 1.59 bits per heavy atom. The molecule has 0 fully saturated rings. The molecule has 1 rings (SSSR count). The molecule has 0 heterocycles. The van der Waals surface area contributed by atoms with Gasteiger partial charge in [0.1, 0.15) is 5.41 Å². The van der Waals surface area contributed by atoms with E-state index in [1.165, 1.54) is 31.2 Å². The highest BCUT2D eigenvalue weighted by atomic mass is 16.6. The second kappa shape index (κ2) is 4.61. The third kappa shape index (κ3) is 2.23. The van der Waals surface area contributed by atoms with Gasteiger partial charge in [0.2, 0.25) is 0 Å². The van der Waals surface area contributed by atoms with Crippen molar-refractivity contribution >= 4 is 11.7 Å². The molecule has 0 bridgehead atoms. The number of benzene rings is 1. The van der Waals surface area contributed by atoms with Crippen LogP contribution >= 0.6 is 0 Å². The van der Waals surface area contributed by atoms with Gasteiger partial charge in [-0.25, -0.2) is 0 Å². The van der Waals surface area contributed by atoms with Gasteiger partial charge in [-0.1, -0.05) is 18.2 Å². The van der Waals surface area contributed by atoms with Crippen molar-refractivity contribution in [3.63, 3.8) is 0 Å². The van der Waals surface area contributed by atoms with Crippen molar-refractivity contribution in [1.29, 1.82) is 5.26 Å². The normalized spacial score (nSPS) is 13.4. The van der Waals surface area contributed by atoms with Gasteiger partial charge in [0.25, 0.3) is 5.69 Å². The van der Waals surface area contributed by atoms with Crippen molar-refractivity contribution < 1.29 is 14.8 Å². The summed E-state index contributed by atoms with van der Waals surface area (Å²) in [4.78, 5) is 21.4. The molecule has 1 aromatic rings. The fraction of sp³-hybridized carbons (Fsp3) is 0.273. The van der Waals surface area contributed by atoms with Crippen molar-refractivity contribution in [2.24, 2.45) is 0 Å². The number of carbonyl (C=O) groups is 1. The molecule has 0 saturated carbocycles. The Morgan fingerprint density at radius 3 is 2.65 bits per heavy atom. The van der Waals surface area contributed by atoms with Gasteiger partial charge in [-0.05, 0) is 6.92 Å². The number of hydrogen-bond acceptors (Lipinski definition) is 4. The third-order valence-corrected chi connectivity index (χ3v) is 2.60. The van der Waals surface area contributed by atoms with Gasteiger partial charge < -0.3 is 5.11 Å². The smallest absolute Gasteiger partial charge is 0.315 e. The summed E-state index contributed by atoms with van der Waals surface area (Å²) >= 11 is 0. The van der Waals surface area contributed by atoms with Gasteiger partial charge in [-0.15, -0.1) is 0 Å². The Hall–Kier alpha value is -2.42. The zero-order valence-corrected chi connectivity index (χ0v) is 9.08. The van der Waals surface area contributed by atoms with Gasteiger partial charge in [-0.2, -0.15) is 5.26 Å². The molecule has 1 aromatic carbocycles. The summed E-state index contributed by atoms with van der Waals surface area (Å²) in [6, 6.07) is 7.31. The standard InChI is InChI=1S/C11H10N2O4/c1-11(6-7-12,10(14)15)8-4-2-3-5-9(8)13(16)17/h2-5H,6H2,1H3,(H,14,15). The molecule has 88 valence electrons. The summed E-state index contributed by atoms with van der Waals surface area (Å²) in [6.45, 7) is 1.31. The van der Waals surface area contributed by atoms with E-state index in [1.54, 1.807) is 6.07 Å². The van der Waals surface area contributed by atoms with Crippen LogP contribution in [0, 0.1) is 21.4 Å². The minimum Gasteiger partial charge on any atom is -0.481 e. The van der Waals surface area contributed by atoms with E-state index >= 15 is 0 Å². The molecular weight excluding hydrogens is 224 g/mol. The quantitative estimate of drug-likeness (QED) is 0.632. The van der Waals surface area contributed by atoms with Gasteiger partial charge >= 0.3 is 5.97 Å². The molecule has 0 spiro atoms. The van der Waals surface area contributed by atoms with Crippen LogP contribution in [0.25, 0.3) is 0 Å². The Morgan fingerprint density at radius 2 is 2.18 bits per heavy atom. The molecule has 0 aliphatic rings. The highest BCUT2D eigenvalue weighted by molar-refractivity contribution is 5.83. The monoisotopic (exact) mass is 234 g/mol. The Labute approximate surface area is 97.3 Å². The van der Waals surface area contributed by atoms with E-state index in [2.05, 4.69) is 0 Å². The van der Waals surface area contributed by atoms with Crippen LogP contribution in [-0.2, 0) is 10.2 Å².